The Bertz CT molecular complexity index is 833. The minimum atomic E-state index is -1.23. The molecule has 0 aliphatic rings. The fourth-order valence-corrected chi connectivity index (χ4v) is 3.74. The predicted molar refractivity (Wildman–Crippen MR) is 90.2 cm³/mol. The van der Waals surface area contributed by atoms with Crippen molar-refractivity contribution in [2.75, 3.05) is 6.61 Å². The Labute approximate surface area is 133 Å². The summed E-state index contributed by atoms with van der Waals surface area (Å²) in [6.07, 6.45) is -0.0472. The van der Waals surface area contributed by atoms with E-state index < -0.39 is 5.60 Å². The summed E-state index contributed by atoms with van der Waals surface area (Å²) in [5, 5.41) is 12.9. The van der Waals surface area contributed by atoms with Crippen LogP contribution in [0, 0.1) is 0 Å². The van der Waals surface area contributed by atoms with Gasteiger partial charge in [-0.1, -0.05) is 24.3 Å². The summed E-state index contributed by atoms with van der Waals surface area (Å²) in [6.45, 7) is 3.74. The van der Waals surface area contributed by atoms with Crippen LogP contribution in [0.4, 0.5) is 0 Å². The molecule has 3 nitrogen and oxygen atoms in total. The zero-order valence-corrected chi connectivity index (χ0v) is 13.4. The van der Waals surface area contributed by atoms with E-state index in [0.29, 0.717) is 6.61 Å². The van der Waals surface area contributed by atoms with Crippen LogP contribution in [-0.2, 0) is 15.1 Å². The second kappa shape index (κ2) is 5.71. The van der Waals surface area contributed by atoms with Crippen molar-refractivity contribution >= 4 is 37.5 Å². The molecule has 0 fully saturated rings. The number of carbonyl (C=O) groups excluding carboxylic acids is 1. The highest BCUT2D eigenvalue weighted by Gasteiger charge is 2.28. The summed E-state index contributed by atoms with van der Waals surface area (Å²) in [7, 11) is 0. The number of ether oxygens (including phenoxy) is 1. The lowest BCUT2D eigenvalue weighted by atomic mass is 9.91. The second-order valence-electron chi connectivity index (χ2n) is 5.56. The van der Waals surface area contributed by atoms with Gasteiger partial charge >= 0.3 is 5.97 Å². The van der Waals surface area contributed by atoms with Crippen molar-refractivity contribution in [3.8, 4) is 0 Å². The molecule has 0 radical (unpaired) electrons. The molecule has 0 saturated heterocycles. The number of aliphatic hydroxyl groups is 1. The molecular formula is C18H18O3S. The van der Waals surface area contributed by atoms with Gasteiger partial charge in [-0.25, -0.2) is 0 Å². The van der Waals surface area contributed by atoms with Crippen molar-refractivity contribution in [1.82, 2.24) is 0 Å². The fourth-order valence-electron chi connectivity index (χ4n) is 2.66. The third-order valence-electron chi connectivity index (χ3n) is 3.79. The molecule has 0 amide bonds. The van der Waals surface area contributed by atoms with E-state index in [-0.39, 0.29) is 12.4 Å². The highest BCUT2D eigenvalue weighted by atomic mass is 32.1. The molecule has 1 aromatic heterocycles. The maximum atomic E-state index is 11.7. The molecule has 3 aromatic rings. The molecule has 2 aromatic carbocycles. The molecule has 1 unspecified atom stereocenters. The summed E-state index contributed by atoms with van der Waals surface area (Å²) in [5.74, 6) is -0.386. The Morgan fingerprint density at radius 1 is 1.18 bits per heavy atom. The lowest BCUT2D eigenvalue weighted by Crippen LogP contribution is -2.26. The summed E-state index contributed by atoms with van der Waals surface area (Å²) in [5.41, 5.74) is -0.500. The summed E-state index contributed by atoms with van der Waals surface area (Å²) >= 11 is 1.73. The molecule has 0 aliphatic heterocycles. The minimum Gasteiger partial charge on any atom is -0.466 e. The van der Waals surface area contributed by atoms with Gasteiger partial charge < -0.3 is 9.84 Å². The first kappa shape index (κ1) is 15.0. The first-order valence-electron chi connectivity index (χ1n) is 7.31. The van der Waals surface area contributed by atoms with Crippen molar-refractivity contribution in [1.29, 1.82) is 0 Å². The molecule has 0 bridgehead atoms. The molecule has 0 aliphatic carbocycles. The molecular weight excluding hydrogens is 296 g/mol. The molecule has 4 heteroatoms. The highest BCUT2D eigenvalue weighted by molar-refractivity contribution is 7.25. The maximum absolute atomic E-state index is 11.7. The van der Waals surface area contributed by atoms with Gasteiger partial charge in [-0.2, -0.15) is 0 Å². The number of hydrogen-bond acceptors (Lipinski definition) is 4. The van der Waals surface area contributed by atoms with E-state index in [4.69, 9.17) is 4.74 Å². The van der Waals surface area contributed by atoms with Crippen molar-refractivity contribution in [2.45, 2.75) is 25.9 Å². The number of rotatable bonds is 4. The molecule has 1 heterocycles. The van der Waals surface area contributed by atoms with Crippen LogP contribution in [0.3, 0.4) is 0 Å². The zero-order valence-electron chi connectivity index (χ0n) is 12.6. The summed E-state index contributed by atoms with van der Waals surface area (Å²) in [6, 6.07) is 14.1. The molecule has 22 heavy (non-hydrogen) atoms. The van der Waals surface area contributed by atoms with Crippen LogP contribution >= 0.6 is 11.3 Å². The van der Waals surface area contributed by atoms with E-state index in [1.54, 1.807) is 25.2 Å². The molecule has 0 spiro atoms. The van der Waals surface area contributed by atoms with Crippen LogP contribution < -0.4 is 0 Å². The third-order valence-corrected chi connectivity index (χ3v) is 4.94. The standard InChI is InChI=1S/C18H18O3S/c1-3-21-17(19)11-18(2,20)12-8-9-16-14(10-12)13-6-4-5-7-15(13)22-16/h4-10,20H,3,11H2,1-2H3. The Balaban J connectivity index is 2.03. The average molecular weight is 314 g/mol. The third kappa shape index (κ3) is 2.72. The molecule has 1 atom stereocenters. The van der Waals surface area contributed by atoms with Crippen LogP contribution in [-0.4, -0.2) is 17.7 Å². The van der Waals surface area contributed by atoms with Gasteiger partial charge in [-0.15, -0.1) is 11.3 Å². The normalized spacial score (nSPS) is 14.1. The largest absolute Gasteiger partial charge is 0.466 e. The number of esters is 1. The van der Waals surface area contributed by atoms with Gasteiger partial charge in [-0.3, -0.25) is 4.79 Å². The number of hydrogen-bond donors (Lipinski definition) is 1. The summed E-state index contributed by atoms with van der Waals surface area (Å²) < 4.78 is 7.34. The minimum absolute atomic E-state index is 0.0472. The van der Waals surface area contributed by atoms with Crippen LogP contribution in [0.15, 0.2) is 42.5 Å². The zero-order chi connectivity index (χ0) is 15.7. The van der Waals surface area contributed by atoms with Gasteiger partial charge in [0, 0.05) is 20.2 Å². The quantitative estimate of drug-likeness (QED) is 0.734. The van der Waals surface area contributed by atoms with Gasteiger partial charge in [0.05, 0.1) is 18.6 Å². The van der Waals surface area contributed by atoms with Crippen LogP contribution in [0.25, 0.3) is 20.2 Å². The van der Waals surface area contributed by atoms with Crippen LogP contribution in [0.1, 0.15) is 25.8 Å². The first-order valence-corrected chi connectivity index (χ1v) is 8.12. The van der Waals surface area contributed by atoms with Gasteiger partial charge in [0.2, 0.25) is 0 Å². The van der Waals surface area contributed by atoms with Crippen LogP contribution in [0.5, 0.6) is 0 Å². The van der Waals surface area contributed by atoms with Crippen LogP contribution in [0.2, 0.25) is 0 Å². The Kier molecular flexibility index (Phi) is 3.89. The number of thiophene rings is 1. The molecule has 3 rings (SSSR count). The monoisotopic (exact) mass is 314 g/mol. The second-order valence-corrected chi connectivity index (χ2v) is 6.65. The fraction of sp³-hybridized carbons (Fsp3) is 0.278. The van der Waals surface area contributed by atoms with E-state index >= 15 is 0 Å². The lowest BCUT2D eigenvalue weighted by molar-refractivity contribution is -0.148. The predicted octanol–water partition coefficient (Wildman–Crippen LogP) is 4.22. The molecule has 114 valence electrons. The SMILES string of the molecule is CCOC(=O)CC(C)(O)c1ccc2sc3ccccc3c2c1. The van der Waals surface area contributed by atoms with E-state index in [9.17, 15) is 9.90 Å². The van der Waals surface area contributed by atoms with E-state index in [0.717, 1.165) is 10.9 Å². The average Bonchev–Trinajstić information content (AvgIpc) is 2.84. The molecule has 1 N–H and O–H groups in total. The molecule has 0 saturated carbocycles. The van der Waals surface area contributed by atoms with Crippen molar-refractivity contribution in [2.24, 2.45) is 0 Å². The van der Waals surface area contributed by atoms with E-state index in [1.165, 1.54) is 14.8 Å². The van der Waals surface area contributed by atoms with Crippen molar-refractivity contribution in [3.63, 3.8) is 0 Å². The summed E-state index contributed by atoms with van der Waals surface area (Å²) in [4.78, 5) is 11.7. The smallest absolute Gasteiger partial charge is 0.309 e. The maximum Gasteiger partial charge on any atom is 0.309 e. The van der Waals surface area contributed by atoms with Gasteiger partial charge in [-0.05, 0) is 37.6 Å². The topological polar surface area (TPSA) is 46.5 Å². The van der Waals surface area contributed by atoms with E-state index in [1.807, 2.05) is 30.3 Å². The van der Waals surface area contributed by atoms with Crippen molar-refractivity contribution in [3.05, 3.63) is 48.0 Å². The lowest BCUT2D eigenvalue weighted by Gasteiger charge is -2.22. The Hall–Kier alpha value is -1.91. The first-order chi connectivity index (χ1) is 10.5. The van der Waals surface area contributed by atoms with Gasteiger partial charge in [0.1, 0.15) is 0 Å². The number of carbonyl (C=O) groups is 1. The van der Waals surface area contributed by atoms with Gasteiger partial charge in [0.25, 0.3) is 0 Å². The number of benzene rings is 2. The Morgan fingerprint density at radius 2 is 1.91 bits per heavy atom. The highest BCUT2D eigenvalue weighted by Crippen LogP contribution is 2.36. The Morgan fingerprint density at radius 3 is 2.68 bits per heavy atom. The van der Waals surface area contributed by atoms with E-state index in [2.05, 4.69) is 12.1 Å². The van der Waals surface area contributed by atoms with Crippen molar-refractivity contribution < 1.29 is 14.6 Å². The number of fused-ring (bicyclic) bond motifs is 3. The van der Waals surface area contributed by atoms with Gasteiger partial charge in [0.15, 0.2) is 0 Å².